The van der Waals surface area contributed by atoms with Crippen molar-refractivity contribution in [1.82, 2.24) is 10.2 Å². The molecule has 2 atom stereocenters. The Morgan fingerprint density at radius 1 is 1.08 bits per heavy atom. The molecule has 0 radical (unpaired) electrons. The van der Waals surface area contributed by atoms with E-state index in [2.05, 4.69) is 5.32 Å². The van der Waals surface area contributed by atoms with Gasteiger partial charge in [0.25, 0.3) is 0 Å². The van der Waals surface area contributed by atoms with Gasteiger partial charge in [-0.15, -0.1) is 0 Å². The number of nitrogens with zero attached hydrogens (tertiary/aromatic N) is 2. The lowest BCUT2D eigenvalue weighted by molar-refractivity contribution is 0.00346. The first kappa shape index (κ1) is 18.0. The van der Waals surface area contributed by atoms with Crippen molar-refractivity contribution in [2.75, 3.05) is 20.1 Å². The summed E-state index contributed by atoms with van der Waals surface area (Å²) in [5, 5.41) is 14.5. The van der Waals surface area contributed by atoms with E-state index >= 15 is 0 Å². The quantitative estimate of drug-likeness (QED) is 0.696. The molecule has 3 aliphatic rings. The molecule has 0 aromatic rings. The molecular formula is C19H36N4O. The van der Waals surface area contributed by atoms with Crippen LogP contribution in [-0.2, 0) is 0 Å². The maximum absolute atomic E-state index is 10.8. The molecular weight excluding hydrogens is 300 g/mol. The Hall–Kier alpha value is -0.810. The minimum atomic E-state index is -0.599. The molecule has 24 heavy (non-hydrogen) atoms. The Kier molecular flexibility index (Phi) is 6.03. The zero-order valence-electron chi connectivity index (χ0n) is 15.3. The van der Waals surface area contributed by atoms with Gasteiger partial charge in [-0.1, -0.05) is 51.4 Å². The maximum Gasteiger partial charge on any atom is 0.193 e. The molecule has 2 saturated carbocycles. The number of aliphatic hydroxyl groups excluding tert-OH is 1. The standard InChI is InChI=1S/C19H36N4O/c1-23-17(24)19(22-18(23)20,12-15-8-4-2-5-9-15)14-21-13-16-10-6-3-7-11-16/h15-17,21,24H,2-14H2,1H3,(H2,20,22). The first-order chi connectivity index (χ1) is 11.6. The highest BCUT2D eigenvalue weighted by Crippen LogP contribution is 2.37. The second-order valence-electron chi connectivity index (χ2n) is 8.40. The lowest BCUT2D eigenvalue weighted by Crippen LogP contribution is -2.53. The molecule has 0 amide bonds. The van der Waals surface area contributed by atoms with Gasteiger partial charge in [0.15, 0.2) is 12.2 Å². The summed E-state index contributed by atoms with van der Waals surface area (Å²) >= 11 is 0. The number of nitrogens with one attached hydrogen (secondary N) is 1. The molecule has 0 bridgehead atoms. The molecule has 1 heterocycles. The predicted octanol–water partition coefficient (Wildman–Crippen LogP) is 2.44. The Morgan fingerprint density at radius 3 is 2.21 bits per heavy atom. The Labute approximate surface area is 147 Å². The summed E-state index contributed by atoms with van der Waals surface area (Å²) in [6.45, 7) is 1.80. The van der Waals surface area contributed by atoms with E-state index < -0.39 is 11.8 Å². The second kappa shape index (κ2) is 8.05. The van der Waals surface area contributed by atoms with Gasteiger partial charge in [0, 0.05) is 13.6 Å². The van der Waals surface area contributed by atoms with Gasteiger partial charge < -0.3 is 21.1 Å². The molecule has 3 rings (SSSR count). The summed E-state index contributed by atoms with van der Waals surface area (Å²) in [5.41, 5.74) is 5.59. The lowest BCUT2D eigenvalue weighted by atomic mass is 9.78. The number of rotatable bonds is 6. The fraction of sp³-hybridized carbons (Fsp3) is 0.947. The number of guanidine groups is 1. The number of nitrogens with two attached hydrogens (primary N) is 1. The van der Waals surface area contributed by atoms with Gasteiger partial charge in [-0.05, 0) is 37.6 Å². The van der Waals surface area contributed by atoms with E-state index in [9.17, 15) is 5.11 Å². The van der Waals surface area contributed by atoms with Crippen LogP contribution < -0.4 is 11.1 Å². The number of likely N-dealkylation sites (N-methyl/N-ethyl adjacent to an activating group) is 1. The van der Waals surface area contributed by atoms with Crippen LogP contribution in [0.15, 0.2) is 4.99 Å². The van der Waals surface area contributed by atoms with Crippen LogP contribution in [0.5, 0.6) is 0 Å². The number of hydrogen-bond acceptors (Lipinski definition) is 5. The van der Waals surface area contributed by atoms with E-state index in [1.54, 1.807) is 4.90 Å². The largest absolute Gasteiger partial charge is 0.371 e. The zero-order valence-corrected chi connectivity index (χ0v) is 15.3. The van der Waals surface area contributed by atoms with E-state index in [1.165, 1.54) is 64.2 Å². The summed E-state index contributed by atoms with van der Waals surface area (Å²) in [7, 11) is 1.85. The molecule has 0 aromatic heterocycles. The fourth-order valence-electron chi connectivity index (χ4n) is 4.98. The molecule has 5 nitrogen and oxygen atoms in total. The summed E-state index contributed by atoms with van der Waals surface area (Å²) in [4.78, 5) is 6.51. The van der Waals surface area contributed by atoms with Crippen LogP contribution in [0.1, 0.15) is 70.6 Å². The first-order valence-corrected chi connectivity index (χ1v) is 10.1. The van der Waals surface area contributed by atoms with Crippen LogP contribution in [0.25, 0.3) is 0 Å². The average molecular weight is 337 g/mol. The van der Waals surface area contributed by atoms with E-state index in [0.29, 0.717) is 11.9 Å². The maximum atomic E-state index is 10.8. The highest BCUT2D eigenvalue weighted by molar-refractivity contribution is 5.80. The summed E-state index contributed by atoms with van der Waals surface area (Å²) in [6, 6.07) is 0. The molecule has 1 aliphatic heterocycles. The van der Waals surface area contributed by atoms with Gasteiger partial charge in [-0.25, -0.2) is 4.99 Å². The highest BCUT2D eigenvalue weighted by atomic mass is 16.3. The van der Waals surface area contributed by atoms with E-state index in [1.807, 2.05) is 7.05 Å². The summed E-state index contributed by atoms with van der Waals surface area (Å²) in [5.74, 6) is 1.95. The van der Waals surface area contributed by atoms with Crippen molar-refractivity contribution in [3.05, 3.63) is 0 Å². The molecule has 4 N–H and O–H groups in total. The van der Waals surface area contributed by atoms with Crippen molar-refractivity contribution in [2.24, 2.45) is 22.6 Å². The van der Waals surface area contributed by atoms with Crippen molar-refractivity contribution in [1.29, 1.82) is 0 Å². The third-order valence-electron chi connectivity index (χ3n) is 6.50. The van der Waals surface area contributed by atoms with Crippen LogP contribution in [0.4, 0.5) is 0 Å². The van der Waals surface area contributed by atoms with Crippen LogP contribution in [-0.4, -0.2) is 47.9 Å². The van der Waals surface area contributed by atoms with Gasteiger partial charge in [-0.3, -0.25) is 0 Å². The minimum absolute atomic E-state index is 0.463. The minimum Gasteiger partial charge on any atom is -0.371 e. The molecule has 2 unspecified atom stereocenters. The van der Waals surface area contributed by atoms with Crippen molar-refractivity contribution in [3.8, 4) is 0 Å². The zero-order chi connectivity index (χ0) is 17.0. The van der Waals surface area contributed by atoms with Crippen molar-refractivity contribution >= 4 is 5.96 Å². The Balaban J connectivity index is 1.61. The number of aliphatic hydroxyl groups is 1. The van der Waals surface area contributed by atoms with Gasteiger partial charge in [0.05, 0.1) is 0 Å². The third kappa shape index (κ3) is 4.05. The van der Waals surface area contributed by atoms with Crippen molar-refractivity contribution < 1.29 is 5.11 Å². The summed E-state index contributed by atoms with van der Waals surface area (Å²) in [6.07, 6.45) is 13.7. The normalized spacial score (nSPS) is 33.0. The van der Waals surface area contributed by atoms with E-state index in [-0.39, 0.29) is 0 Å². The van der Waals surface area contributed by atoms with Crippen molar-refractivity contribution in [2.45, 2.75) is 82.4 Å². The van der Waals surface area contributed by atoms with Crippen LogP contribution in [0, 0.1) is 11.8 Å². The molecule has 2 fully saturated rings. The molecule has 0 spiro atoms. The van der Waals surface area contributed by atoms with Gasteiger partial charge in [0.1, 0.15) is 5.54 Å². The van der Waals surface area contributed by atoms with Crippen LogP contribution in [0.2, 0.25) is 0 Å². The first-order valence-electron chi connectivity index (χ1n) is 10.1. The molecule has 0 saturated heterocycles. The Morgan fingerprint density at radius 2 is 1.67 bits per heavy atom. The lowest BCUT2D eigenvalue weighted by Gasteiger charge is -2.37. The van der Waals surface area contributed by atoms with Gasteiger partial charge in [-0.2, -0.15) is 0 Å². The average Bonchev–Trinajstić information content (AvgIpc) is 2.81. The third-order valence-corrected chi connectivity index (χ3v) is 6.50. The smallest absolute Gasteiger partial charge is 0.193 e. The van der Waals surface area contributed by atoms with E-state index in [4.69, 9.17) is 10.7 Å². The molecule has 0 aromatic carbocycles. The van der Waals surface area contributed by atoms with E-state index in [0.717, 1.165) is 25.4 Å². The number of hydrogen-bond donors (Lipinski definition) is 3. The SMILES string of the molecule is CN1C(N)=NC(CNCC2CCCCC2)(CC2CCCCC2)C1O. The Bertz CT molecular complexity index is 429. The van der Waals surface area contributed by atoms with Crippen LogP contribution >= 0.6 is 0 Å². The monoisotopic (exact) mass is 336 g/mol. The highest BCUT2D eigenvalue weighted by Gasteiger charge is 2.47. The molecule has 2 aliphatic carbocycles. The number of aliphatic imine (C=N–C) groups is 1. The topological polar surface area (TPSA) is 73.9 Å². The summed E-state index contributed by atoms with van der Waals surface area (Å²) < 4.78 is 0. The van der Waals surface area contributed by atoms with Crippen LogP contribution in [0.3, 0.4) is 0 Å². The molecule has 5 heteroatoms. The fourth-order valence-corrected chi connectivity index (χ4v) is 4.98. The van der Waals surface area contributed by atoms with Crippen molar-refractivity contribution in [3.63, 3.8) is 0 Å². The predicted molar refractivity (Wildman–Crippen MR) is 98.8 cm³/mol. The second-order valence-corrected chi connectivity index (χ2v) is 8.40. The molecule has 138 valence electrons. The van der Waals surface area contributed by atoms with Gasteiger partial charge in [0.2, 0.25) is 0 Å². The van der Waals surface area contributed by atoms with Gasteiger partial charge >= 0.3 is 0 Å².